The van der Waals surface area contributed by atoms with Gasteiger partial charge >= 0.3 is 5.97 Å². The highest BCUT2D eigenvalue weighted by Gasteiger charge is 2.56. The zero-order valence-electron chi connectivity index (χ0n) is 25.0. The molecule has 3 unspecified atom stereocenters. The number of halogens is 3. The molecule has 0 amide bonds. The van der Waals surface area contributed by atoms with Crippen LogP contribution in [0.1, 0.15) is 57.9 Å². The molecule has 10 heteroatoms. The van der Waals surface area contributed by atoms with Crippen molar-refractivity contribution < 1.29 is 14.3 Å². The quantitative estimate of drug-likeness (QED) is 0.121. The molecule has 0 radical (unpaired) electrons. The molecule has 2 aliphatic rings. The number of ether oxygens (including phenoxy) is 2. The first kappa shape index (κ1) is 32.0. The van der Waals surface area contributed by atoms with Crippen LogP contribution < -0.4 is 10.1 Å². The number of likely N-dealkylation sites (tertiary alicyclic amines) is 1. The van der Waals surface area contributed by atoms with Crippen molar-refractivity contribution in [3.63, 3.8) is 0 Å². The second-order valence-electron chi connectivity index (χ2n) is 11.6. The van der Waals surface area contributed by atoms with E-state index in [0.29, 0.717) is 33.7 Å². The summed E-state index contributed by atoms with van der Waals surface area (Å²) in [5, 5.41) is 4.54. The molecule has 230 valence electrons. The number of rotatable bonds is 12. The Labute approximate surface area is 269 Å². The predicted octanol–water partition coefficient (Wildman–Crippen LogP) is 8.05. The fourth-order valence-corrected chi connectivity index (χ4v) is 7.02. The lowest BCUT2D eigenvalue weighted by Crippen LogP contribution is -2.66. The van der Waals surface area contributed by atoms with Gasteiger partial charge in [0.25, 0.3) is 0 Å². The monoisotopic (exact) mass is 644 g/mol. The Bertz CT molecular complexity index is 1450. The van der Waals surface area contributed by atoms with Crippen LogP contribution in [0.2, 0.25) is 15.2 Å². The first-order valence-electron chi connectivity index (χ1n) is 15.1. The maximum absolute atomic E-state index is 13.3. The molecular formula is C33H39Cl3N4O3. The van der Waals surface area contributed by atoms with Gasteiger partial charge in [0.15, 0.2) is 6.23 Å². The number of aromatic nitrogens is 2. The van der Waals surface area contributed by atoms with Crippen molar-refractivity contribution in [2.75, 3.05) is 26.7 Å². The van der Waals surface area contributed by atoms with Crippen LogP contribution in [0.4, 0.5) is 0 Å². The summed E-state index contributed by atoms with van der Waals surface area (Å²) in [5.74, 6) is 0.366. The van der Waals surface area contributed by atoms with Crippen molar-refractivity contribution in [3.05, 3.63) is 63.4 Å². The maximum atomic E-state index is 13.3. The minimum absolute atomic E-state index is 0.0525. The Morgan fingerprint density at radius 3 is 2.60 bits per heavy atom. The zero-order chi connectivity index (χ0) is 30.6. The summed E-state index contributed by atoms with van der Waals surface area (Å²) in [7, 11) is 1.62. The summed E-state index contributed by atoms with van der Waals surface area (Å²) in [4.78, 5) is 24.4. The average molecular weight is 646 g/mol. The SMILES string of the molecule is CCCCCC(CC)C(=O)OC1N(Cc2ccc(-c3cccc(-c4ccnc(Cl)c4Cl)c3Cl)nc2OC)CC12CCNC2. The van der Waals surface area contributed by atoms with Crippen LogP contribution in [-0.2, 0) is 16.1 Å². The number of methoxy groups -OCH3 is 1. The number of hydrogen-bond acceptors (Lipinski definition) is 7. The third-order valence-electron chi connectivity index (χ3n) is 8.78. The van der Waals surface area contributed by atoms with Gasteiger partial charge in [0.1, 0.15) is 5.15 Å². The highest BCUT2D eigenvalue weighted by atomic mass is 35.5. The molecule has 3 atom stereocenters. The molecule has 3 aromatic rings. The van der Waals surface area contributed by atoms with Crippen LogP contribution in [-0.4, -0.2) is 53.8 Å². The van der Waals surface area contributed by atoms with E-state index in [1.807, 2.05) is 30.3 Å². The number of unbranched alkanes of at least 4 members (excludes halogenated alkanes) is 2. The van der Waals surface area contributed by atoms with Gasteiger partial charge in [-0.1, -0.05) is 92.2 Å². The molecule has 0 saturated carbocycles. The highest BCUT2D eigenvalue weighted by molar-refractivity contribution is 6.43. The molecule has 2 aromatic heterocycles. The van der Waals surface area contributed by atoms with E-state index in [2.05, 4.69) is 29.0 Å². The molecule has 7 nitrogen and oxygen atoms in total. The molecule has 5 rings (SSSR count). The Kier molecular flexibility index (Phi) is 10.5. The van der Waals surface area contributed by atoms with E-state index in [1.165, 1.54) is 0 Å². The Hall–Kier alpha value is -2.42. The van der Waals surface area contributed by atoms with Gasteiger partial charge in [0, 0.05) is 53.5 Å². The number of nitrogens with zero attached hydrogens (tertiary/aromatic N) is 3. The van der Waals surface area contributed by atoms with Crippen LogP contribution >= 0.6 is 34.8 Å². The lowest BCUT2D eigenvalue weighted by Gasteiger charge is -2.54. The van der Waals surface area contributed by atoms with E-state index < -0.39 is 0 Å². The molecular weight excluding hydrogens is 607 g/mol. The largest absolute Gasteiger partial charge is 0.481 e. The van der Waals surface area contributed by atoms with Gasteiger partial charge in [-0.05, 0) is 37.9 Å². The molecule has 0 bridgehead atoms. The van der Waals surface area contributed by atoms with Gasteiger partial charge in [-0.3, -0.25) is 9.69 Å². The number of esters is 1. The fourth-order valence-electron chi connectivity index (χ4n) is 6.32. The number of benzene rings is 1. The highest BCUT2D eigenvalue weighted by Crippen LogP contribution is 2.46. The lowest BCUT2D eigenvalue weighted by atomic mass is 9.76. The number of carbonyl (C=O) groups is 1. The van der Waals surface area contributed by atoms with Gasteiger partial charge in [-0.2, -0.15) is 0 Å². The smallest absolute Gasteiger partial charge is 0.310 e. The van der Waals surface area contributed by atoms with E-state index in [9.17, 15) is 4.79 Å². The molecule has 2 aliphatic heterocycles. The van der Waals surface area contributed by atoms with Crippen molar-refractivity contribution in [1.29, 1.82) is 0 Å². The molecule has 1 aromatic carbocycles. The van der Waals surface area contributed by atoms with Crippen LogP contribution in [0.25, 0.3) is 22.4 Å². The lowest BCUT2D eigenvalue weighted by molar-refractivity contribution is -0.223. The molecule has 2 fully saturated rings. The normalized spacial score (nSPS) is 20.7. The van der Waals surface area contributed by atoms with Gasteiger partial charge in [-0.25, -0.2) is 9.97 Å². The molecule has 4 heterocycles. The van der Waals surface area contributed by atoms with Crippen molar-refractivity contribution in [2.24, 2.45) is 11.3 Å². The topological polar surface area (TPSA) is 76.6 Å². The van der Waals surface area contributed by atoms with Gasteiger partial charge in [0.05, 0.1) is 28.8 Å². The molecule has 2 saturated heterocycles. The van der Waals surface area contributed by atoms with Gasteiger partial charge < -0.3 is 14.8 Å². The summed E-state index contributed by atoms with van der Waals surface area (Å²) in [6, 6.07) is 11.4. The van der Waals surface area contributed by atoms with Crippen molar-refractivity contribution in [2.45, 2.75) is 65.1 Å². The standard InChI is InChI=1S/C33H39Cl3N4O3/c1-4-6-7-9-21(5-2)31(41)43-32-33(15-17-37-19-33)20-40(32)18-22-12-13-26(39-30(22)42-3)25-11-8-10-23(27(25)34)24-14-16-38-29(36)28(24)35/h8,10-14,16,21,32,37H,4-7,9,15,17-20H2,1-3H3. The van der Waals surface area contributed by atoms with Crippen molar-refractivity contribution >= 4 is 40.8 Å². The van der Waals surface area contributed by atoms with Crippen molar-refractivity contribution in [3.8, 4) is 28.3 Å². The van der Waals surface area contributed by atoms with E-state index in [4.69, 9.17) is 49.3 Å². The summed E-state index contributed by atoms with van der Waals surface area (Å²) in [5.41, 5.74) is 3.71. The minimum atomic E-state index is -0.275. The molecule has 43 heavy (non-hydrogen) atoms. The Balaban J connectivity index is 1.37. The minimum Gasteiger partial charge on any atom is -0.481 e. The van der Waals surface area contributed by atoms with E-state index >= 15 is 0 Å². The molecule has 1 N–H and O–H groups in total. The van der Waals surface area contributed by atoms with E-state index in [-0.39, 0.29) is 28.7 Å². The van der Waals surface area contributed by atoms with Crippen LogP contribution in [0.3, 0.4) is 0 Å². The number of pyridine rings is 2. The summed E-state index contributed by atoms with van der Waals surface area (Å²) in [6.45, 7) is 7.44. The van der Waals surface area contributed by atoms with Crippen LogP contribution in [0.15, 0.2) is 42.6 Å². The van der Waals surface area contributed by atoms with Gasteiger partial charge in [0.2, 0.25) is 5.88 Å². The summed E-state index contributed by atoms with van der Waals surface area (Å²) < 4.78 is 12.1. The number of nitrogens with one attached hydrogen (secondary N) is 1. The van der Waals surface area contributed by atoms with E-state index in [1.54, 1.807) is 19.4 Å². The Morgan fingerprint density at radius 1 is 1.09 bits per heavy atom. The number of hydrogen-bond donors (Lipinski definition) is 1. The van der Waals surface area contributed by atoms with Crippen molar-refractivity contribution in [1.82, 2.24) is 20.2 Å². The third-order valence-corrected chi connectivity index (χ3v) is 9.95. The van der Waals surface area contributed by atoms with Gasteiger partial charge in [-0.15, -0.1) is 0 Å². The Morgan fingerprint density at radius 2 is 1.88 bits per heavy atom. The van der Waals surface area contributed by atoms with Crippen LogP contribution in [0.5, 0.6) is 5.88 Å². The first-order chi connectivity index (χ1) is 20.8. The predicted molar refractivity (Wildman–Crippen MR) is 173 cm³/mol. The fraction of sp³-hybridized carbons (Fsp3) is 0.485. The second-order valence-corrected chi connectivity index (χ2v) is 12.7. The van der Waals surface area contributed by atoms with E-state index in [0.717, 1.165) is 74.8 Å². The third kappa shape index (κ3) is 6.66. The zero-order valence-corrected chi connectivity index (χ0v) is 27.2. The molecule has 0 aliphatic carbocycles. The summed E-state index contributed by atoms with van der Waals surface area (Å²) in [6.07, 6.45) is 7.31. The maximum Gasteiger partial charge on any atom is 0.310 e. The number of carbonyl (C=O) groups excluding carboxylic acids is 1. The summed E-state index contributed by atoms with van der Waals surface area (Å²) >= 11 is 19.5. The van der Waals surface area contributed by atoms with Crippen LogP contribution in [0, 0.1) is 11.3 Å². The first-order valence-corrected chi connectivity index (χ1v) is 16.2. The second kappa shape index (κ2) is 14.1. The molecule has 1 spiro atoms. The average Bonchev–Trinajstić information content (AvgIpc) is 3.51.